The van der Waals surface area contributed by atoms with Gasteiger partial charge in [-0.05, 0) is 30.5 Å². The molecule has 1 fully saturated rings. The van der Waals surface area contributed by atoms with Gasteiger partial charge in [-0.15, -0.1) is 0 Å². The molecule has 1 aromatic carbocycles. The number of aromatic nitrogens is 2. The van der Waals surface area contributed by atoms with E-state index in [1.165, 1.54) is 5.56 Å². The summed E-state index contributed by atoms with van der Waals surface area (Å²) in [7, 11) is 0. The van der Waals surface area contributed by atoms with E-state index in [-0.39, 0.29) is 6.04 Å². The lowest BCUT2D eigenvalue weighted by molar-refractivity contribution is 0.180. The van der Waals surface area contributed by atoms with Crippen LogP contribution in [-0.4, -0.2) is 22.8 Å². The number of benzene rings is 1. The summed E-state index contributed by atoms with van der Waals surface area (Å²) < 4.78 is 7.58. The number of rotatable bonds is 5. The van der Waals surface area contributed by atoms with Gasteiger partial charge >= 0.3 is 0 Å². The Kier molecular flexibility index (Phi) is 4.58. The molecule has 1 saturated heterocycles. The minimum Gasteiger partial charge on any atom is -0.381 e. The summed E-state index contributed by atoms with van der Waals surface area (Å²) in [6.45, 7) is 2.44. The summed E-state index contributed by atoms with van der Waals surface area (Å²) in [5.41, 5.74) is 8.73. The molecule has 0 radical (unpaired) electrons. The molecule has 5 heteroatoms. The summed E-state index contributed by atoms with van der Waals surface area (Å²) in [6, 6.07) is 7.97. The van der Waals surface area contributed by atoms with Crippen molar-refractivity contribution in [3.8, 4) is 0 Å². The van der Waals surface area contributed by atoms with E-state index < -0.39 is 0 Å². The minimum absolute atomic E-state index is 0.000202. The lowest BCUT2D eigenvalue weighted by Crippen LogP contribution is -2.24. The first-order chi connectivity index (χ1) is 10.2. The molecule has 0 saturated carbocycles. The van der Waals surface area contributed by atoms with Crippen LogP contribution < -0.4 is 5.73 Å². The number of nitrogens with zero attached hydrogens (tertiary/aromatic N) is 2. The first kappa shape index (κ1) is 14.6. The second-order valence-corrected chi connectivity index (χ2v) is 5.97. The number of imidazole rings is 1. The number of nitrogens with two attached hydrogens (primary N) is 1. The standard InChI is InChI=1S/C16H20ClN3O/c17-14-3-1-12(2-4-14)5-7-20-11-19-9-15(20)16(18)13-6-8-21-10-13/h1-4,9,11,13,16H,5-8,10,18H2. The Balaban J connectivity index is 1.66. The van der Waals surface area contributed by atoms with Crippen LogP contribution in [0, 0.1) is 5.92 Å². The average molecular weight is 306 g/mol. The summed E-state index contributed by atoms with van der Waals surface area (Å²) in [6.07, 6.45) is 5.71. The molecule has 2 aromatic rings. The van der Waals surface area contributed by atoms with Gasteiger partial charge in [0.05, 0.1) is 24.7 Å². The molecule has 3 rings (SSSR count). The van der Waals surface area contributed by atoms with Crippen LogP contribution in [0.4, 0.5) is 0 Å². The van der Waals surface area contributed by atoms with Gasteiger partial charge in [0.15, 0.2) is 0 Å². The fraction of sp³-hybridized carbons (Fsp3) is 0.438. The predicted molar refractivity (Wildman–Crippen MR) is 83.2 cm³/mol. The zero-order valence-corrected chi connectivity index (χ0v) is 12.7. The van der Waals surface area contributed by atoms with Crippen LogP contribution in [0.5, 0.6) is 0 Å². The molecule has 2 heterocycles. The highest BCUT2D eigenvalue weighted by Crippen LogP contribution is 2.26. The van der Waals surface area contributed by atoms with Gasteiger partial charge < -0.3 is 15.0 Å². The van der Waals surface area contributed by atoms with Crippen molar-refractivity contribution in [1.82, 2.24) is 9.55 Å². The second kappa shape index (κ2) is 6.60. The largest absolute Gasteiger partial charge is 0.381 e. The van der Waals surface area contributed by atoms with Crippen LogP contribution in [0.1, 0.15) is 23.7 Å². The van der Waals surface area contributed by atoms with Gasteiger partial charge in [0.1, 0.15) is 0 Å². The topological polar surface area (TPSA) is 53.1 Å². The van der Waals surface area contributed by atoms with E-state index in [0.29, 0.717) is 5.92 Å². The monoisotopic (exact) mass is 305 g/mol. The number of hydrogen-bond acceptors (Lipinski definition) is 3. The van der Waals surface area contributed by atoms with Crippen LogP contribution in [0.25, 0.3) is 0 Å². The lowest BCUT2D eigenvalue weighted by Gasteiger charge is -2.19. The Labute approximate surface area is 129 Å². The van der Waals surface area contributed by atoms with E-state index in [4.69, 9.17) is 22.1 Å². The van der Waals surface area contributed by atoms with Crippen molar-refractivity contribution in [2.75, 3.05) is 13.2 Å². The van der Waals surface area contributed by atoms with Crippen molar-refractivity contribution >= 4 is 11.6 Å². The van der Waals surface area contributed by atoms with E-state index in [2.05, 4.69) is 21.7 Å². The molecule has 2 unspecified atom stereocenters. The van der Waals surface area contributed by atoms with E-state index in [1.807, 2.05) is 24.7 Å². The van der Waals surface area contributed by atoms with Gasteiger partial charge in [-0.25, -0.2) is 4.98 Å². The molecule has 21 heavy (non-hydrogen) atoms. The number of aryl methyl sites for hydroxylation is 2. The van der Waals surface area contributed by atoms with Crippen LogP contribution in [0.2, 0.25) is 5.02 Å². The van der Waals surface area contributed by atoms with E-state index in [9.17, 15) is 0 Å². The Morgan fingerprint density at radius 2 is 2.19 bits per heavy atom. The highest BCUT2D eigenvalue weighted by Gasteiger charge is 2.26. The van der Waals surface area contributed by atoms with Gasteiger partial charge in [0.2, 0.25) is 0 Å². The zero-order valence-electron chi connectivity index (χ0n) is 11.9. The van der Waals surface area contributed by atoms with Crippen molar-refractivity contribution in [2.45, 2.75) is 25.4 Å². The maximum atomic E-state index is 6.38. The van der Waals surface area contributed by atoms with E-state index >= 15 is 0 Å². The third kappa shape index (κ3) is 3.46. The summed E-state index contributed by atoms with van der Waals surface area (Å²) in [5, 5.41) is 0.769. The highest BCUT2D eigenvalue weighted by molar-refractivity contribution is 6.30. The van der Waals surface area contributed by atoms with E-state index in [1.54, 1.807) is 0 Å². The SMILES string of the molecule is NC(c1cncn1CCc1ccc(Cl)cc1)C1CCOC1. The molecule has 1 aliphatic rings. The molecule has 2 N–H and O–H groups in total. The summed E-state index contributed by atoms with van der Waals surface area (Å²) in [4.78, 5) is 4.26. The first-order valence-electron chi connectivity index (χ1n) is 7.32. The molecule has 0 aliphatic carbocycles. The zero-order chi connectivity index (χ0) is 14.7. The molecular formula is C16H20ClN3O. The van der Waals surface area contributed by atoms with Crippen LogP contribution >= 0.6 is 11.6 Å². The van der Waals surface area contributed by atoms with Crippen LogP contribution in [0.3, 0.4) is 0 Å². The maximum Gasteiger partial charge on any atom is 0.0948 e. The summed E-state index contributed by atoms with van der Waals surface area (Å²) >= 11 is 5.91. The van der Waals surface area contributed by atoms with Crippen molar-refractivity contribution in [2.24, 2.45) is 11.7 Å². The van der Waals surface area contributed by atoms with Gasteiger partial charge in [0, 0.05) is 30.3 Å². The van der Waals surface area contributed by atoms with Crippen molar-refractivity contribution < 1.29 is 4.74 Å². The van der Waals surface area contributed by atoms with Gasteiger partial charge in [-0.2, -0.15) is 0 Å². The fourth-order valence-electron chi connectivity index (χ4n) is 2.77. The highest BCUT2D eigenvalue weighted by atomic mass is 35.5. The Bertz CT molecular complexity index is 575. The molecule has 112 valence electrons. The van der Waals surface area contributed by atoms with Crippen molar-refractivity contribution in [3.05, 3.63) is 53.1 Å². The molecule has 0 bridgehead atoms. The van der Waals surface area contributed by atoms with Gasteiger partial charge in [-0.1, -0.05) is 23.7 Å². The first-order valence-corrected chi connectivity index (χ1v) is 7.69. The van der Waals surface area contributed by atoms with Crippen molar-refractivity contribution in [3.63, 3.8) is 0 Å². The van der Waals surface area contributed by atoms with Crippen LogP contribution in [0.15, 0.2) is 36.8 Å². The lowest BCUT2D eigenvalue weighted by atomic mass is 9.97. The maximum absolute atomic E-state index is 6.38. The predicted octanol–water partition coefficient (Wildman–Crippen LogP) is 2.82. The quantitative estimate of drug-likeness (QED) is 0.924. The normalized spacial score (nSPS) is 19.8. The minimum atomic E-state index is 0.000202. The Hall–Kier alpha value is -1.36. The number of halogens is 1. The molecule has 0 spiro atoms. The Morgan fingerprint density at radius 3 is 2.90 bits per heavy atom. The Morgan fingerprint density at radius 1 is 1.38 bits per heavy atom. The van der Waals surface area contributed by atoms with Crippen molar-refractivity contribution in [1.29, 1.82) is 0 Å². The fourth-order valence-corrected chi connectivity index (χ4v) is 2.90. The molecular weight excluding hydrogens is 286 g/mol. The number of ether oxygens (including phenoxy) is 1. The third-order valence-corrected chi connectivity index (χ3v) is 4.37. The van der Waals surface area contributed by atoms with Gasteiger partial charge in [0.25, 0.3) is 0 Å². The molecule has 4 nitrogen and oxygen atoms in total. The van der Waals surface area contributed by atoms with Gasteiger partial charge in [-0.3, -0.25) is 0 Å². The second-order valence-electron chi connectivity index (χ2n) is 5.54. The molecule has 1 aliphatic heterocycles. The average Bonchev–Trinajstić information content (AvgIpc) is 3.17. The summed E-state index contributed by atoms with van der Waals surface area (Å²) in [5.74, 6) is 0.399. The van der Waals surface area contributed by atoms with Crippen LogP contribution in [-0.2, 0) is 17.7 Å². The smallest absolute Gasteiger partial charge is 0.0948 e. The third-order valence-electron chi connectivity index (χ3n) is 4.11. The van der Waals surface area contributed by atoms with E-state index in [0.717, 1.165) is 43.3 Å². The molecule has 2 atom stereocenters. The number of hydrogen-bond donors (Lipinski definition) is 1. The molecule has 1 aromatic heterocycles. The molecule has 0 amide bonds.